The van der Waals surface area contributed by atoms with Gasteiger partial charge in [-0.2, -0.15) is 0 Å². The molecule has 0 N–H and O–H groups in total. The number of aryl methyl sites for hydroxylation is 7. The first-order valence-corrected chi connectivity index (χ1v) is 13.5. The minimum atomic E-state index is -0.181. The first kappa shape index (κ1) is 21.5. The molecule has 2 heteroatoms. The second-order valence-corrected chi connectivity index (χ2v) is 13.2. The van der Waals surface area contributed by atoms with E-state index in [1.54, 1.807) is 16.2 Å². The lowest BCUT2D eigenvalue weighted by Gasteiger charge is -2.39. The van der Waals surface area contributed by atoms with E-state index in [0.29, 0.717) is 5.40 Å². The number of benzene rings is 3. The summed E-state index contributed by atoms with van der Waals surface area (Å²) in [6.45, 7) is 13.7. The Morgan fingerprint density at radius 1 is 0.733 bits per heavy atom. The van der Waals surface area contributed by atoms with Gasteiger partial charge in [-0.25, -0.2) is 0 Å². The van der Waals surface area contributed by atoms with E-state index in [1.807, 2.05) is 0 Å². The van der Waals surface area contributed by atoms with Crippen LogP contribution in [0.1, 0.15) is 55.5 Å². The molecule has 154 valence electrons. The second kappa shape index (κ2) is 8.78. The lowest BCUT2D eigenvalue weighted by molar-refractivity contribution is 1.12. The maximum Gasteiger partial charge on any atom is 0.0514 e. The Kier molecular flexibility index (Phi) is 6.29. The first-order valence-electron chi connectivity index (χ1n) is 10.9. The van der Waals surface area contributed by atoms with Crippen molar-refractivity contribution in [3.8, 4) is 0 Å². The molecule has 1 aliphatic rings. The van der Waals surface area contributed by atoms with Crippen LogP contribution in [0.25, 0.3) is 0 Å². The van der Waals surface area contributed by atoms with Crippen LogP contribution in [0.2, 0.25) is 0 Å². The third-order valence-corrected chi connectivity index (χ3v) is 11.8. The van der Waals surface area contributed by atoms with E-state index in [4.69, 9.17) is 0 Å². The summed E-state index contributed by atoms with van der Waals surface area (Å²) < 4.78 is 0. The predicted octanol–water partition coefficient (Wildman–Crippen LogP) is 8.40. The van der Waals surface area contributed by atoms with Crippen LogP contribution >= 0.6 is 16.1 Å². The topological polar surface area (TPSA) is 0 Å². The largest absolute Gasteiger partial charge is 0.0820 e. The van der Waals surface area contributed by atoms with Gasteiger partial charge in [0.05, 0.1) is 5.40 Å². The molecule has 4 rings (SSSR count). The molecule has 1 aliphatic heterocycles. The molecular formula is C28H32P2. The van der Waals surface area contributed by atoms with Crippen molar-refractivity contribution in [2.24, 2.45) is 0 Å². The van der Waals surface area contributed by atoms with Crippen molar-refractivity contribution in [1.29, 1.82) is 0 Å². The zero-order valence-corrected chi connectivity index (χ0v) is 20.9. The van der Waals surface area contributed by atoms with Crippen LogP contribution in [0.4, 0.5) is 0 Å². The molecular weight excluding hydrogens is 398 g/mol. The summed E-state index contributed by atoms with van der Waals surface area (Å²) in [7, 11) is 1.35. The maximum absolute atomic E-state index is 2.38. The summed E-state index contributed by atoms with van der Waals surface area (Å²) in [5.74, 6) is 0. The molecule has 0 aromatic heterocycles. The summed E-state index contributed by atoms with van der Waals surface area (Å²) in [6, 6.07) is 20.5. The van der Waals surface area contributed by atoms with Gasteiger partial charge in [-0.1, -0.05) is 81.9 Å². The van der Waals surface area contributed by atoms with Crippen LogP contribution < -0.4 is 0 Å². The van der Waals surface area contributed by atoms with Crippen LogP contribution in [0.5, 0.6) is 0 Å². The quantitative estimate of drug-likeness (QED) is 0.357. The number of hydrogen-bond donors (Lipinski definition) is 0. The predicted molar refractivity (Wildman–Crippen MR) is 137 cm³/mol. The van der Waals surface area contributed by atoms with E-state index in [-0.39, 0.29) is 7.92 Å². The fourth-order valence-electron chi connectivity index (χ4n) is 5.00. The molecule has 0 amide bonds. The van der Waals surface area contributed by atoms with Crippen LogP contribution in [-0.4, -0.2) is 11.2 Å². The van der Waals surface area contributed by atoms with E-state index in [2.05, 4.69) is 96.1 Å². The zero-order valence-electron chi connectivity index (χ0n) is 19.1. The zero-order chi connectivity index (χ0) is 21.4. The Bertz CT molecular complexity index is 1060. The average Bonchev–Trinajstić information content (AvgIpc) is 2.65. The van der Waals surface area contributed by atoms with Crippen molar-refractivity contribution in [2.75, 3.05) is 6.16 Å². The highest BCUT2D eigenvalue weighted by atomic mass is 31.2. The van der Waals surface area contributed by atoms with Gasteiger partial charge in [0.25, 0.3) is 0 Å². The van der Waals surface area contributed by atoms with Gasteiger partial charge in [-0.05, 0) is 93.1 Å². The maximum atomic E-state index is 2.38. The van der Waals surface area contributed by atoms with Gasteiger partial charge < -0.3 is 0 Å². The summed E-state index contributed by atoms with van der Waals surface area (Å²) in [5.41, 5.74) is 13.3. The summed E-state index contributed by atoms with van der Waals surface area (Å²) in [6.07, 6.45) is 2.46. The molecule has 0 aliphatic carbocycles. The van der Waals surface area contributed by atoms with Gasteiger partial charge in [0.2, 0.25) is 0 Å². The molecule has 0 saturated carbocycles. The molecule has 3 aromatic carbocycles. The van der Waals surface area contributed by atoms with Crippen molar-refractivity contribution >= 4 is 21.2 Å². The fourth-order valence-corrected chi connectivity index (χ4v) is 11.1. The van der Waals surface area contributed by atoms with Crippen molar-refractivity contribution in [3.05, 3.63) is 105 Å². The lowest BCUT2D eigenvalue weighted by Crippen LogP contribution is -2.17. The highest BCUT2D eigenvalue weighted by Gasteiger charge is 2.37. The molecule has 1 heterocycles. The van der Waals surface area contributed by atoms with Gasteiger partial charge in [0.1, 0.15) is 0 Å². The van der Waals surface area contributed by atoms with E-state index in [0.717, 1.165) is 0 Å². The van der Waals surface area contributed by atoms with Gasteiger partial charge in [0, 0.05) is 5.03 Å². The Morgan fingerprint density at radius 2 is 1.27 bits per heavy atom. The Labute approximate surface area is 185 Å². The Hall–Kier alpha value is -1.74. The summed E-state index contributed by atoms with van der Waals surface area (Å²) >= 11 is 0. The van der Waals surface area contributed by atoms with Crippen LogP contribution in [0.15, 0.2) is 54.6 Å². The number of hydrogen-bond acceptors (Lipinski definition) is 0. The van der Waals surface area contributed by atoms with Crippen molar-refractivity contribution in [2.45, 2.75) is 53.4 Å². The number of rotatable bonds is 5. The van der Waals surface area contributed by atoms with E-state index in [1.165, 1.54) is 59.7 Å². The fraction of sp³-hybridized carbons (Fsp3) is 0.321. The Morgan fingerprint density at radius 3 is 1.83 bits per heavy atom. The smallest absolute Gasteiger partial charge is 0.0514 e. The minimum absolute atomic E-state index is 0.181. The highest BCUT2D eigenvalue weighted by molar-refractivity contribution is 7.98. The third-order valence-electron chi connectivity index (χ3n) is 6.19. The van der Waals surface area contributed by atoms with Crippen LogP contribution in [0.3, 0.4) is 0 Å². The van der Waals surface area contributed by atoms with Crippen molar-refractivity contribution < 1.29 is 0 Å². The molecule has 2 unspecified atom stereocenters. The molecule has 0 radical (unpaired) electrons. The van der Waals surface area contributed by atoms with Crippen molar-refractivity contribution in [3.63, 3.8) is 0 Å². The van der Waals surface area contributed by atoms with Crippen LogP contribution in [-0.2, 0) is 6.42 Å². The third kappa shape index (κ3) is 4.19. The minimum Gasteiger partial charge on any atom is -0.0820 e. The molecule has 2 atom stereocenters. The SMILES string of the molecule is Cc1cc(C)c(C2=PC(c3c(C)cc(C)cc3C)P2CCc2ccccc2)c(C)c1. The molecule has 3 aromatic rings. The molecule has 0 nitrogen and oxygen atoms in total. The molecule has 30 heavy (non-hydrogen) atoms. The normalized spacial score (nSPS) is 18.7. The van der Waals surface area contributed by atoms with Crippen LogP contribution in [0, 0.1) is 41.5 Å². The van der Waals surface area contributed by atoms with E-state index in [9.17, 15) is 0 Å². The molecule has 0 saturated heterocycles. The summed E-state index contributed by atoms with van der Waals surface area (Å²) in [4.78, 5) is 0. The van der Waals surface area contributed by atoms with Gasteiger partial charge in [0.15, 0.2) is 0 Å². The van der Waals surface area contributed by atoms with E-state index >= 15 is 0 Å². The standard InChI is InChI=1S/C28H32P2/c1-18-14-20(3)25(21(4)15-18)27-29-28(26-22(5)16-19(2)17-23(26)6)30(27)13-12-24-10-8-7-9-11-24/h7-11,14-17,27H,12-13H2,1-6H3. The van der Waals surface area contributed by atoms with Gasteiger partial charge >= 0.3 is 0 Å². The second-order valence-electron chi connectivity index (χ2n) is 8.84. The highest BCUT2D eigenvalue weighted by Crippen LogP contribution is 2.71. The summed E-state index contributed by atoms with van der Waals surface area (Å²) in [5, 5.41) is 2.40. The Balaban J connectivity index is 1.74. The average molecular weight is 431 g/mol. The monoisotopic (exact) mass is 430 g/mol. The first-order chi connectivity index (χ1) is 14.3. The van der Waals surface area contributed by atoms with Gasteiger partial charge in [-0.15, -0.1) is 0 Å². The van der Waals surface area contributed by atoms with Crippen molar-refractivity contribution in [1.82, 2.24) is 0 Å². The lowest BCUT2D eigenvalue weighted by atomic mass is 10.0. The molecule has 0 bridgehead atoms. The van der Waals surface area contributed by atoms with Gasteiger partial charge in [-0.3, -0.25) is 0 Å². The molecule has 0 fully saturated rings. The molecule has 0 spiro atoms. The van der Waals surface area contributed by atoms with E-state index < -0.39 is 0 Å².